The summed E-state index contributed by atoms with van der Waals surface area (Å²) in [6.07, 6.45) is 0. The lowest BCUT2D eigenvalue weighted by Gasteiger charge is -2.07. The maximum Gasteiger partial charge on any atom is 0.330 e. The monoisotopic (exact) mass is 195 g/mol. The van der Waals surface area contributed by atoms with Crippen molar-refractivity contribution in [3.8, 4) is 5.75 Å². The highest BCUT2D eigenvalue weighted by atomic mass is 16.5. The molecule has 0 unspecified atom stereocenters. The van der Waals surface area contributed by atoms with E-state index in [1.165, 1.54) is 0 Å². The second kappa shape index (κ2) is 4.96. The van der Waals surface area contributed by atoms with Crippen LogP contribution in [0.5, 0.6) is 5.75 Å². The van der Waals surface area contributed by atoms with Gasteiger partial charge >= 0.3 is 6.03 Å². The number of hydrogen-bond acceptors (Lipinski definition) is 3. The number of primary amides is 1. The molecule has 0 atom stereocenters. The Morgan fingerprint density at radius 2 is 2.07 bits per heavy atom. The van der Waals surface area contributed by atoms with Crippen LogP contribution < -0.4 is 21.3 Å². The average molecular weight is 195 g/mol. The number of ether oxygens (including phenoxy) is 1. The molecule has 0 radical (unpaired) electrons. The van der Waals surface area contributed by atoms with Crippen LogP contribution in [-0.4, -0.2) is 12.6 Å². The quantitative estimate of drug-likeness (QED) is 0.629. The lowest BCUT2D eigenvalue weighted by atomic mass is 10.3. The van der Waals surface area contributed by atoms with E-state index in [1.54, 1.807) is 24.3 Å². The first-order valence-corrected chi connectivity index (χ1v) is 4.26. The highest BCUT2D eigenvalue weighted by Crippen LogP contribution is 2.14. The first-order chi connectivity index (χ1) is 6.72. The second-order valence-corrected chi connectivity index (χ2v) is 2.57. The van der Waals surface area contributed by atoms with Gasteiger partial charge in [-0.05, 0) is 31.2 Å². The Kier molecular flexibility index (Phi) is 3.60. The summed E-state index contributed by atoms with van der Waals surface area (Å²) in [5.41, 5.74) is 10.5. The van der Waals surface area contributed by atoms with Gasteiger partial charge in [-0.3, -0.25) is 10.9 Å². The molecule has 1 rings (SSSR count). The molecular weight excluding hydrogens is 182 g/mol. The van der Waals surface area contributed by atoms with Crippen LogP contribution in [0.2, 0.25) is 0 Å². The van der Waals surface area contributed by atoms with Crippen molar-refractivity contribution in [2.45, 2.75) is 6.92 Å². The van der Waals surface area contributed by atoms with Gasteiger partial charge in [-0.25, -0.2) is 4.79 Å². The van der Waals surface area contributed by atoms with E-state index in [4.69, 9.17) is 10.5 Å². The standard InChI is InChI=1S/C9H13N3O2/c1-2-14-8-5-3-7(4-6-8)11-12-9(10)13/h3-6,11H,2H2,1H3,(H3,10,12,13). The second-order valence-electron chi connectivity index (χ2n) is 2.57. The Morgan fingerprint density at radius 3 is 2.57 bits per heavy atom. The summed E-state index contributed by atoms with van der Waals surface area (Å²) < 4.78 is 5.25. The van der Waals surface area contributed by atoms with Gasteiger partial charge in [0, 0.05) is 0 Å². The van der Waals surface area contributed by atoms with Crippen molar-refractivity contribution < 1.29 is 9.53 Å². The molecule has 5 nitrogen and oxygen atoms in total. The number of rotatable bonds is 4. The number of nitrogens with one attached hydrogen (secondary N) is 2. The summed E-state index contributed by atoms with van der Waals surface area (Å²) in [5.74, 6) is 0.789. The fourth-order valence-electron chi connectivity index (χ4n) is 0.935. The summed E-state index contributed by atoms with van der Waals surface area (Å²) in [4.78, 5) is 10.4. The number of hydrogen-bond donors (Lipinski definition) is 3. The minimum Gasteiger partial charge on any atom is -0.494 e. The Balaban J connectivity index is 2.50. The molecule has 0 aliphatic rings. The van der Waals surface area contributed by atoms with Crippen molar-refractivity contribution in [1.82, 2.24) is 5.43 Å². The van der Waals surface area contributed by atoms with Crippen LogP contribution >= 0.6 is 0 Å². The van der Waals surface area contributed by atoms with E-state index in [0.717, 1.165) is 11.4 Å². The highest BCUT2D eigenvalue weighted by molar-refractivity contribution is 5.73. The van der Waals surface area contributed by atoms with Gasteiger partial charge < -0.3 is 10.5 Å². The number of urea groups is 1. The Morgan fingerprint density at radius 1 is 1.43 bits per heavy atom. The van der Waals surface area contributed by atoms with Crippen molar-refractivity contribution in [2.75, 3.05) is 12.0 Å². The molecule has 76 valence electrons. The van der Waals surface area contributed by atoms with Crippen molar-refractivity contribution >= 4 is 11.7 Å². The van der Waals surface area contributed by atoms with E-state index >= 15 is 0 Å². The zero-order valence-electron chi connectivity index (χ0n) is 7.91. The van der Waals surface area contributed by atoms with Crippen molar-refractivity contribution in [3.05, 3.63) is 24.3 Å². The van der Waals surface area contributed by atoms with Crippen LogP contribution in [0.4, 0.5) is 10.5 Å². The van der Waals surface area contributed by atoms with E-state index < -0.39 is 6.03 Å². The summed E-state index contributed by atoms with van der Waals surface area (Å²) >= 11 is 0. The van der Waals surface area contributed by atoms with Gasteiger partial charge in [-0.2, -0.15) is 0 Å². The third-order valence-corrected chi connectivity index (χ3v) is 1.50. The summed E-state index contributed by atoms with van der Waals surface area (Å²) in [7, 11) is 0. The molecule has 0 heterocycles. The molecule has 14 heavy (non-hydrogen) atoms. The molecule has 5 heteroatoms. The Labute approximate surface area is 82.2 Å². The highest BCUT2D eigenvalue weighted by Gasteiger charge is 1.94. The van der Waals surface area contributed by atoms with Crippen LogP contribution in [0.25, 0.3) is 0 Å². The van der Waals surface area contributed by atoms with Crippen LogP contribution in [-0.2, 0) is 0 Å². The van der Waals surface area contributed by atoms with Crippen LogP contribution in [0.15, 0.2) is 24.3 Å². The SMILES string of the molecule is CCOc1ccc(NNC(N)=O)cc1. The number of nitrogens with two attached hydrogens (primary N) is 1. The first-order valence-electron chi connectivity index (χ1n) is 4.26. The summed E-state index contributed by atoms with van der Waals surface area (Å²) in [6, 6.07) is 6.53. The first kappa shape index (κ1) is 10.2. The molecule has 2 amide bonds. The van der Waals surface area contributed by atoms with Crippen LogP contribution in [0.3, 0.4) is 0 Å². The third-order valence-electron chi connectivity index (χ3n) is 1.50. The molecule has 0 spiro atoms. The number of hydrazine groups is 1. The third kappa shape index (κ3) is 3.22. The number of carbonyl (C=O) groups is 1. The molecule has 0 fully saturated rings. The molecular formula is C9H13N3O2. The Hall–Kier alpha value is -1.91. The molecule has 0 aromatic heterocycles. The van der Waals surface area contributed by atoms with Gasteiger partial charge in [0.2, 0.25) is 0 Å². The molecule has 1 aromatic carbocycles. The van der Waals surface area contributed by atoms with E-state index in [-0.39, 0.29) is 0 Å². The van der Waals surface area contributed by atoms with Gasteiger partial charge in [0.25, 0.3) is 0 Å². The summed E-state index contributed by atoms with van der Waals surface area (Å²) in [5, 5.41) is 0. The van der Waals surface area contributed by atoms with Gasteiger partial charge in [0.1, 0.15) is 5.75 Å². The molecule has 0 saturated carbocycles. The normalized spacial score (nSPS) is 9.21. The minimum atomic E-state index is -0.626. The molecule has 0 aliphatic heterocycles. The fourth-order valence-corrected chi connectivity index (χ4v) is 0.935. The van der Waals surface area contributed by atoms with Gasteiger partial charge in [-0.1, -0.05) is 0 Å². The van der Waals surface area contributed by atoms with Gasteiger partial charge in [-0.15, -0.1) is 0 Å². The van der Waals surface area contributed by atoms with Gasteiger partial charge in [0.15, 0.2) is 0 Å². The zero-order chi connectivity index (χ0) is 10.4. The van der Waals surface area contributed by atoms with Crippen molar-refractivity contribution in [3.63, 3.8) is 0 Å². The zero-order valence-corrected chi connectivity index (χ0v) is 7.91. The predicted molar refractivity (Wildman–Crippen MR) is 54.0 cm³/mol. The molecule has 1 aromatic rings. The summed E-state index contributed by atoms with van der Waals surface area (Å²) in [6.45, 7) is 2.55. The van der Waals surface area contributed by atoms with Crippen molar-refractivity contribution in [2.24, 2.45) is 5.73 Å². The van der Waals surface area contributed by atoms with E-state index in [1.807, 2.05) is 6.92 Å². The number of anilines is 1. The van der Waals surface area contributed by atoms with Crippen LogP contribution in [0, 0.1) is 0 Å². The van der Waals surface area contributed by atoms with E-state index in [2.05, 4.69) is 10.9 Å². The molecule has 0 saturated heterocycles. The topological polar surface area (TPSA) is 76.4 Å². The molecule has 0 aliphatic carbocycles. The lowest BCUT2D eigenvalue weighted by molar-refractivity contribution is 0.250. The number of benzene rings is 1. The molecule has 4 N–H and O–H groups in total. The van der Waals surface area contributed by atoms with Gasteiger partial charge in [0.05, 0.1) is 12.3 Å². The van der Waals surface area contributed by atoms with Crippen LogP contribution in [0.1, 0.15) is 6.92 Å². The van der Waals surface area contributed by atoms with E-state index in [0.29, 0.717) is 6.61 Å². The van der Waals surface area contributed by atoms with E-state index in [9.17, 15) is 4.79 Å². The smallest absolute Gasteiger partial charge is 0.330 e. The predicted octanol–water partition coefficient (Wildman–Crippen LogP) is 1.08. The lowest BCUT2D eigenvalue weighted by Crippen LogP contribution is -2.34. The fraction of sp³-hybridized carbons (Fsp3) is 0.222. The van der Waals surface area contributed by atoms with Crippen molar-refractivity contribution in [1.29, 1.82) is 0 Å². The maximum atomic E-state index is 10.4. The largest absolute Gasteiger partial charge is 0.494 e. The maximum absolute atomic E-state index is 10.4. The number of carbonyl (C=O) groups excluding carboxylic acids is 1. The molecule has 0 bridgehead atoms. The average Bonchev–Trinajstić information content (AvgIpc) is 2.17. The number of amides is 2. The Bertz CT molecular complexity index is 297. The minimum absolute atomic E-state index is 0.626.